The highest BCUT2D eigenvalue weighted by molar-refractivity contribution is 6.01. The van der Waals surface area contributed by atoms with Gasteiger partial charge in [0.15, 0.2) is 5.78 Å². The number of carbonyl (C=O) groups is 1. The molecule has 166 valence electrons. The smallest absolute Gasteiger partial charge is 0.332 e. The number of hydrogen-bond donors (Lipinski definition) is 1. The first-order chi connectivity index (χ1) is 15.4. The monoisotopic (exact) mass is 432 g/mol. The Morgan fingerprint density at radius 2 is 1.78 bits per heavy atom. The molecule has 1 atom stereocenters. The molecule has 3 aromatic rings. The van der Waals surface area contributed by atoms with E-state index in [1.165, 1.54) is 22.7 Å². The highest BCUT2D eigenvalue weighted by Crippen LogP contribution is 2.33. The number of ketones is 1. The van der Waals surface area contributed by atoms with Crippen LogP contribution >= 0.6 is 0 Å². The summed E-state index contributed by atoms with van der Waals surface area (Å²) in [5.41, 5.74) is 8.31. The van der Waals surface area contributed by atoms with Crippen molar-refractivity contribution in [2.45, 2.75) is 31.8 Å². The molecule has 0 bridgehead atoms. The number of hydrogen-bond acceptors (Lipinski definition) is 5. The van der Waals surface area contributed by atoms with Crippen molar-refractivity contribution in [2.75, 3.05) is 19.3 Å². The Balaban J connectivity index is 1.66. The zero-order valence-corrected chi connectivity index (χ0v) is 18.5. The minimum atomic E-state index is -0.653. The largest absolute Gasteiger partial charge is 0.384 e. The van der Waals surface area contributed by atoms with Gasteiger partial charge in [-0.1, -0.05) is 54.6 Å². The van der Waals surface area contributed by atoms with E-state index in [0.717, 1.165) is 29.4 Å². The van der Waals surface area contributed by atoms with E-state index >= 15 is 0 Å². The van der Waals surface area contributed by atoms with Crippen LogP contribution in [0.25, 0.3) is 0 Å². The predicted octanol–water partition coefficient (Wildman–Crippen LogP) is 2.37. The summed E-state index contributed by atoms with van der Waals surface area (Å²) in [6, 6.07) is 17.7. The first-order valence-electron chi connectivity index (χ1n) is 10.8. The minimum absolute atomic E-state index is 0.0436. The Hall–Kier alpha value is -3.45. The molecule has 1 heterocycles. The minimum Gasteiger partial charge on any atom is -0.384 e. The first kappa shape index (κ1) is 21.8. The van der Waals surface area contributed by atoms with Gasteiger partial charge in [-0.25, -0.2) is 4.79 Å². The van der Waals surface area contributed by atoms with Gasteiger partial charge in [0, 0.05) is 13.1 Å². The molecular weight excluding hydrogens is 404 g/mol. The maximum atomic E-state index is 13.3. The average molecular weight is 433 g/mol. The normalized spacial score (nSPS) is 15.5. The van der Waals surface area contributed by atoms with Gasteiger partial charge in [0.25, 0.3) is 5.56 Å². The van der Waals surface area contributed by atoms with Crippen LogP contribution in [0.2, 0.25) is 0 Å². The Morgan fingerprint density at radius 1 is 1.09 bits per heavy atom. The molecule has 0 fully saturated rings. The second-order valence-corrected chi connectivity index (χ2v) is 8.42. The van der Waals surface area contributed by atoms with Gasteiger partial charge >= 0.3 is 5.69 Å². The number of nitrogen functional groups attached to an aromatic ring is 1. The summed E-state index contributed by atoms with van der Waals surface area (Å²) >= 11 is 0. The molecule has 0 aliphatic heterocycles. The summed E-state index contributed by atoms with van der Waals surface area (Å²) in [6.45, 7) is 0.230. The molecule has 0 saturated heterocycles. The molecule has 7 heteroatoms. The maximum Gasteiger partial charge on any atom is 0.332 e. The van der Waals surface area contributed by atoms with Crippen molar-refractivity contribution < 1.29 is 4.79 Å². The van der Waals surface area contributed by atoms with Crippen molar-refractivity contribution in [2.24, 2.45) is 7.05 Å². The van der Waals surface area contributed by atoms with Crippen molar-refractivity contribution in [3.8, 4) is 0 Å². The van der Waals surface area contributed by atoms with Crippen molar-refractivity contribution in [1.29, 1.82) is 0 Å². The van der Waals surface area contributed by atoms with E-state index in [1.807, 2.05) is 54.4 Å². The molecule has 7 nitrogen and oxygen atoms in total. The SMILES string of the molecule is CN(CC(=O)c1c(N)n(Cc2ccccc2)c(=O)n(C)c1=O)[C@@H]1CCCc2ccccc21. The maximum absolute atomic E-state index is 13.3. The highest BCUT2D eigenvalue weighted by atomic mass is 16.2. The number of fused-ring (bicyclic) bond motifs is 1. The third-order valence-corrected chi connectivity index (χ3v) is 6.31. The van der Waals surface area contributed by atoms with Crippen LogP contribution in [-0.4, -0.2) is 33.4 Å². The second kappa shape index (κ2) is 8.96. The third kappa shape index (κ3) is 4.03. The van der Waals surface area contributed by atoms with E-state index in [0.29, 0.717) is 0 Å². The fraction of sp³-hybridized carbons (Fsp3) is 0.320. The summed E-state index contributed by atoms with van der Waals surface area (Å²) < 4.78 is 2.25. The molecule has 32 heavy (non-hydrogen) atoms. The lowest BCUT2D eigenvalue weighted by molar-refractivity contribution is 0.0909. The number of carbonyl (C=O) groups excluding carboxylic acids is 1. The highest BCUT2D eigenvalue weighted by Gasteiger charge is 2.28. The number of nitrogens with two attached hydrogens (primary N) is 1. The van der Waals surface area contributed by atoms with E-state index in [4.69, 9.17) is 5.73 Å². The number of benzene rings is 2. The van der Waals surface area contributed by atoms with Gasteiger partial charge in [0.05, 0.1) is 13.1 Å². The Morgan fingerprint density at radius 3 is 2.53 bits per heavy atom. The molecule has 0 saturated carbocycles. The van der Waals surface area contributed by atoms with E-state index in [-0.39, 0.29) is 36.3 Å². The van der Waals surface area contributed by atoms with Gasteiger partial charge in [-0.2, -0.15) is 0 Å². The van der Waals surface area contributed by atoms with Crippen LogP contribution < -0.4 is 17.0 Å². The first-order valence-corrected chi connectivity index (χ1v) is 10.8. The van der Waals surface area contributed by atoms with Gasteiger partial charge < -0.3 is 5.73 Å². The second-order valence-electron chi connectivity index (χ2n) is 8.42. The van der Waals surface area contributed by atoms with Crippen LogP contribution in [-0.2, 0) is 20.0 Å². The average Bonchev–Trinajstić information content (AvgIpc) is 2.81. The molecule has 0 unspecified atom stereocenters. The fourth-order valence-electron chi connectivity index (χ4n) is 4.57. The molecule has 4 rings (SSSR count). The molecule has 2 N–H and O–H groups in total. The topological polar surface area (TPSA) is 90.3 Å². The van der Waals surface area contributed by atoms with Crippen LogP contribution in [0.3, 0.4) is 0 Å². The van der Waals surface area contributed by atoms with Gasteiger partial charge in [0.2, 0.25) is 0 Å². The molecule has 0 radical (unpaired) electrons. The Bertz CT molecular complexity index is 1260. The summed E-state index contributed by atoms with van der Waals surface area (Å²) in [4.78, 5) is 40.8. The standard InChI is InChI=1S/C25H28N4O3/c1-27(20-14-8-12-18-11-6-7-13-19(18)20)16-21(30)22-23(26)29(25(32)28(2)24(22)31)15-17-9-4-3-5-10-17/h3-7,9-11,13,20H,8,12,14-16,26H2,1-2H3/t20-/m1/s1. The lowest BCUT2D eigenvalue weighted by Crippen LogP contribution is -2.44. The summed E-state index contributed by atoms with van der Waals surface area (Å²) in [5, 5.41) is 0. The van der Waals surface area contributed by atoms with Crippen LogP contribution in [0, 0.1) is 0 Å². The third-order valence-electron chi connectivity index (χ3n) is 6.31. The van der Waals surface area contributed by atoms with Gasteiger partial charge in [0.1, 0.15) is 11.4 Å². The number of nitrogens with zero attached hydrogens (tertiary/aromatic N) is 3. The van der Waals surface area contributed by atoms with Crippen LogP contribution in [0.1, 0.15) is 45.9 Å². The van der Waals surface area contributed by atoms with E-state index in [2.05, 4.69) is 12.1 Å². The quantitative estimate of drug-likeness (QED) is 0.604. The number of Topliss-reactive ketones (excluding diaryl/α,β-unsaturated/α-hetero) is 1. The lowest BCUT2D eigenvalue weighted by Gasteiger charge is -2.33. The van der Waals surface area contributed by atoms with E-state index in [9.17, 15) is 14.4 Å². The predicted molar refractivity (Wildman–Crippen MR) is 125 cm³/mol. The Kier molecular flexibility index (Phi) is 6.10. The fourth-order valence-corrected chi connectivity index (χ4v) is 4.57. The van der Waals surface area contributed by atoms with Crippen LogP contribution in [0.5, 0.6) is 0 Å². The number of aromatic nitrogens is 2. The van der Waals surface area contributed by atoms with Crippen LogP contribution in [0.15, 0.2) is 64.2 Å². The van der Waals surface area contributed by atoms with Gasteiger partial charge in [-0.3, -0.25) is 23.6 Å². The number of aryl methyl sites for hydroxylation is 1. The van der Waals surface area contributed by atoms with E-state index in [1.54, 1.807) is 0 Å². The number of likely N-dealkylation sites (N-methyl/N-ethyl adjacent to an activating group) is 1. The van der Waals surface area contributed by atoms with Crippen molar-refractivity contribution >= 4 is 11.6 Å². The van der Waals surface area contributed by atoms with Crippen molar-refractivity contribution in [3.05, 3.63) is 97.7 Å². The van der Waals surface area contributed by atoms with Crippen LogP contribution in [0.4, 0.5) is 5.82 Å². The Labute approximate surface area is 186 Å². The van der Waals surface area contributed by atoms with Gasteiger partial charge in [-0.15, -0.1) is 0 Å². The number of anilines is 1. The lowest BCUT2D eigenvalue weighted by atomic mass is 9.87. The molecule has 0 amide bonds. The molecular formula is C25H28N4O3. The van der Waals surface area contributed by atoms with Crippen molar-refractivity contribution in [1.82, 2.24) is 14.0 Å². The number of rotatable bonds is 6. The molecule has 2 aromatic carbocycles. The van der Waals surface area contributed by atoms with E-state index < -0.39 is 11.2 Å². The summed E-state index contributed by atoms with van der Waals surface area (Å²) in [6.07, 6.45) is 3.03. The van der Waals surface area contributed by atoms with Gasteiger partial charge in [-0.05, 0) is 43.0 Å². The van der Waals surface area contributed by atoms with Crippen molar-refractivity contribution in [3.63, 3.8) is 0 Å². The summed E-state index contributed by atoms with van der Waals surface area (Å²) in [5.74, 6) is -0.458. The molecule has 1 aliphatic carbocycles. The zero-order chi connectivity index (χ0) is 22.8. The zero-order valence-electron chi connectivity index (χ0n) is 18.5. The molecule has 1 aliphatic rings. The molecule has 1 aromatic heterocycles. The summed E-state index contributed by atoms with van der Waals surface area (Å²) in [7, 11) is 3.27. The molecule has 0 spiro atoms.